The van der Waals surface area contributed by atoms with E-state index in [4.69, 9.17) is 16.1 Å². The van der Waals surface area contributed by atoms with E-state index in [-0.39, 0.29) is 65.2 Å². The van der Waals surface area contributed by atoms with E-state index in [1.165, 1.54) is 41.7 Å². The summed E-state index contributed by atoms with van der Waals surface area (Å²) in [6, 6.07) is 16.3. The Kier molecular flexibility index (Phi) is 20.6. The monoisotopic (exact) mass is 1100 g/mol. The Hall–Kier alpha value is -9.20. The highest BCUT2D eigenvalue weighted by molar-refractivity contribution is 6.07. The molecule has 81 heavy (non-hydrogen) atoms. The molecule has 0 spiro atoms. The number of hydrogen-bond donors (Lipinski definition) is 4. The summed E-state index contributed by atoms with van der Waals surface area (Å²) in [5.74, 6) is -0.295. The van der Waals surface area contributed by atoms with Crippen molar-refractivity contribution in [1.29, 1.82) is 5.41 Å². The lowest BCUT2D eigenvalue weighted by Gasteiger charge is -2.23. The van der Waals surface area contributed by atoms with E-state index in [1.807, 2.05) is 45.5 Å². The number of nitrogens with zero attached hydrogens (tertiary/aromatic N) is 10. The van der Waals surface area contributed by atoms with Crippen LogP contribution < -0.4 is 16.6 Å². The standard InChI is InChI=1S/C61H70F2N14O4/c1-8-19-76(20-9-2)60(80)46-26-51-53(62)28-44(30-55(51)70-57(65)32-46)40-12-14-42(38-78)48(24-40)34-68-74(6)36-50(64)16-17-67-72-58-33-47(61(81)77(21-10-3)22-11-4)27-52-54(63)29-45(31-56(52)71-58)41-13-15-43(39-79)49(25-41)35-69-75(7)37-59-66-18-23-73(59)5/h12-18,23-31,34-35,38-39,64,67H,8-11,19-22,32-33,36-37H2,1-7H3,(H2,65,70)(H,71,72)/b17-16-,64-50?,68-34-,69-35-. The van der Waals surface area contributed by atoms with Gasteiger partial charge in [-0.2, -0.15) is 10.2 Å². The number of hydrazone groups is 2. The molecular formula is C61H70F2N14O4. The second kappa shape index (κ2) is 28.1. The van der Waals surface area contributed by atoms with Crippen LogP contribution in [0, 0.1) is 17.0 Å². The maximum Gasteiger partial charge on any atom is 0.250 e. The number of halogens is 2. The topological polar surface area (TPSA) is 222 Å². The quantitative estimate of drug-likeness (QED) is 0.0246. The maximum absolute atomic E-state index is 16.4. The van der Waals surface area contributed by atoms with Crippen LogP contribution in [0.1, 0.15) is 115 Å². The number of aliphatic imine (C=N–C) groups is 2. The molecule has 3 heterocycles. The predicted octanol–water partition coefficient (Wildman–Crippen LogP) is 9.61. The third kappa shape index (κ3) is 15.3. The number of amidine groups is 2. The summed E-state index contributed by atoms with van der Waals surface area (Å²) >= 11 is 0. The molecule has 5 N–H and O–H groups in total. The molecule has 7 rings (SSSR count). The molecule has 0 radical (unpaired) electrons. The van der Waals surface area contributed by atoms with Gasteiger partial charge in [0.25, 0.3) is 0 Å². The Morgan fingerprint density at radius 2 is 1.21 bits per heavy atom. The van der Waals surface area contributed by atoms with Crippen molar-refractivity contribution in [3.63, 3.8) is 0 Å². The predicted molar refractivity (Wildman–Crippen MR) is 318 cm³/mol. The number of hydrazine groups is 1. The molecular weight excluding hydrogens is 1030 g/mol. The molecule has 0 saturated carbocycles. The van der Waals surface area contributed by atoms with Gasteiger partial charge < -0.3 is 30.9 Å². The number of fused-ring (bicyclic) bond motifs is 2. The van der Waals surface area contributed by atoms with Crippen molar-refractivity contribution in [2.45, 2.75) is 72.8 Å². The van der Waals surface area contributed by atoms with Crippen LogP contribution in [0.2, 0.25) is 0 Å². The smallest absolute Gasteiger partial charge is 0.250 e. The van der Waals surface area contributed by atoms with Crippen LogP contribution in [0.15, 0.2) is 117 Å². The SMILES string of the molecule is CCCN(CCC)C(=O)C1=Cc2c(F)cc(-c3ccc(C=O)c(/C=N\N(C)CC(=N)/C=C\NNC4=Nc5cc(-c6ccc(C=O)c(/C=N\N(C)Cc7nccn7C)c6)cc(F)c5C=C(C(=O)N(CCC)CCC)C4)c3)cc2N=C(N)C1. The van der Waals surface area contributed by atoms with E-state index in [2.05, 4.69) is 31.0 Å². The van der Waals surface area contributed by atoms with Crippen LogP contribution in [-0.2, 0) is 23.2 Å². The van der Waals surface area contributed by atoms with E-state index in [9.17, 15) is 19.2 Å². The largest absolute Gasteiger partial charge is 0.387 e. The number of amides is 2. The van der Waals surface area contributed by atoms with Gasteiger partial charge >= 0.3 is 0 Å². The first kappa shape index (κ1) is 59.5. The summed E-state index contributed by atoms with van der Waals surface area (Å²) in [6.07, 6.45) is 17.3. The lowest BCUT2D eigenvalue weighted by molar-refractivity contribution is -0.128. The van der Waals surface area contributed by atoms with Gasteiger partial charge in [0, 0.05) is 123 Å². The molecule has 0 bridgehead atoms. The maximum atomic E-state index is 16.4. The van der Waals surface area contributed by atoms with Crippen molar-refractivity contribution < 1.29 is 28.0 Å². The molecule has 1 aromatic heterocycles. The highest BCUT2D eigenvalue weighted by Crippen LogP contribution is 2.37. The number of aryl methyl sites for hydroxylation is 1. The molecule has 0 unspecified atom stereocenters. The number of nitrogens with two attached hydrogens (primary N) is 1. The fraction of sp³-hybridized carbons (Fsp3) is 0.311. The Balaban J connectivity index is 1.06. The fourth-order valence-electron chi connectivity index (χ4n) is 9.35. The van der Waals surface area contributed by atoms with Gasteiger partial charge in [0.15, 0.2) is 12.6 Å². The van der Waals surface area contributed by atoms with Crippen LogP contribution in [0.3, 0.4) is 0 Å². The van der Waals surface area contributed by atoms with Crippen LogP contribution in [0.25, 0.3) is 34.4 Å². The van der Waals surface area contributed by atoms with Crippen molar-refractivity contribution in [2.75, 3.05) is 46.8 Å². The molecule has 18 nitrogen and oxygen atoms in total. The lowest BCUT2D eigenvalue weighted by Crippen LogP contribution is -2.37. The Labute approximate surface area is 471 Å². The minimum absolute atomic E-state index is 0.0358. The number of carbonyl (C=O) groups excluding carboxylic acids is 4. The number of imidazole rings is 1. The molecule has 0 atom stereocenters. The summed E-state index contributed by atoms with van der Waals surface area (Å²) < 4.78 is 34.3. The van der Waals surface area contributed by atoms with E-state index < -0.39 is 11.6 Å². The number of aldehydes is 2. The van der Waals surface area contributed by atoms with Crippen molar-refractivity contribution >= 4 is 77.7 Å². The fourth-order valence-corrected chi connectivity index (χ4v) is 9.35. The average Bonchev–Trinajstić information content (AvgIpc) is 3.65. The zero-order valence-electron chi connectivity index (χ0n) is 47.0. The zero-order valence-corrected chi connectivity index (χ0v) is 47.0. The molecule has 422 valence electrons. The van der Waals surface area contributed by atoms with E-state index in [0.717, 1.165) is 37.8 Å². The highest BCUT2D eigenvalue weighted by atomic mass is 19.1. The normalized spacial score (nSPS) is 13.1. The van der Waals surface area contributed by atoms with Crippen LogP contribution >= 0.6 is 0 Å². The number of carbonyl (C=O) groups is 4. The molecule has 2 aliphatic heterocycles. The number of hydrogen-bond acceptors (Lipinski definition) is 15. The van der Waals surface area contributed by atoms with E-state index in [0.29, 0.717) is 100 Å². The van der Waals surface area contributed by atoms with Crippen molar-refractivity contribution in [2.24, 2.45) is 33.0 Å². The van der Waals surface area contributed by atoms with Gasteiger partial charge in [0.2, 0.25) is 11.8 Å². The Morgan fingerprint density at radius 3 is 1.70 bits per heavy atom. The minimum Gasteiger partial charge on any atom is -0.387 e. The molecule has 0 fully saturated rings. The number of aromatic nitrogens is 2. The average molecular weight is 1100 g/mol. The second-order valence-electron chi connectivity index (χ2n) is 19.8. The first-order valence-electron chi connectivity index (χ1n) is 27.0. The molecule has 4 aromatic carbocycles. The van der Waals surface area contributed by atoms with Gasteiger partial charge in [0.1, 0.15) is 29.1 Å². The number of rotatable bonds is 25. The highest BCUT2D eigenvalue weighted by Gasteiger charge is 2.26. The Bertz CT molecular complexity index is 3380. The number of benzene rings is 4. The molecule has 20 heteroatoms. The lowest BCUT2D eigenvalue weighted by atomic mass is 9.97. The molecule has 5 aromatic rings. The summed E-state index contributed by atoms with van der Waals surface area (Å²) in [4.78, 5) is 69.1. The third-order valence-electron chi connectivity index (χ3n) is 13.4. The van der Waals surface area contributed by atoms with Gasteiger partial charge in [0.05, 0.1) is 42.6 Å². The van der Waals surface area contributed by atoms with Crippen LogP contribution in [0.5, 0.6) is 0 Å². The van der Waals surface area contributed by atoms with Gasteiger partial charge in [-0.3, -0.25) is 34.6 Å². The molecule has 2 amide bonds. The third-order valence-corrected chi connectivity index (χ3v) is 13.4. The van der Waals surface area contributed by atoms with E-state index in [1.54, 1.807) is 95.9 Å². The van der Waals surface area contributed by atoms with Gasteiger partial charge in [-0.15, -0.1) is 0 Å². The summed E-state index contributed by atoms with van der Waals surface area (Å²) in [6.45, 7) is 10.7. The minimum atomic E-state index is -0.590. The second-order valence-corrected chi connectivity index (χ2v) is 19.8. The molecule has 2 aliphatic rings. The molecule has 0 aliphatic carbocycles. The van der Waals surface area contributed by atoms with Crippen molar-refractivity contribution in [1.82, 2.24) is 40.2 Å². The van der Waals surface area contributed by atoms with Crippen molar-refractivity contribution in [3.8, 4) is 22.3 Å². The first-order chi connectivity index (χ1) is 39.1. The van der Waals surface area contributed by atoms with Gasteiger partial charge in [-0.05, 0) is 103 Å². The van der Waals surface area contributed by atoms with Gasteiger partial charge in [-0.1, -0.05) is 52.0 Å². The van der Waals surface area contributed by atoms with E-state index >= 15 is 8.78 Å². The first-order valence-corrected chi connectivity index (χ1v) is 27.0. The molecule has 0 saturated heterocycles. The summed E-state index contributed by atoms with van der Waals surface area (Å²) in [5, 5.41) is 21.0. The van der Waals surface area contributed by atoms with Gasteiger partial charge in [-0.25, -0.2) is 23.7 Å². The summed E-state index contributed by atoms with van der Waals surface area (Å²) in [5.41, 5.74) is 17.9. The summed E-state index contributed by atoms with van der Waals surface area (Å²) in [7, 11) is 5.36. The zero-order chi connectivity index (χ0) is 58.2. The number of nitrogens with one attached hydrogen (secondary N) is 3. The van der Waals surface area contributed by atoms with Crippen LogP contribution in [0.4, 0.5) is 20.2 Å². The Morgan fingerprint density at radius 1 is 0.704 bits per heavy atom. The van der Waals surface area contributed by atoms with Crippen molar-refractivity contribution in [3.05, 3.63) is 147 Å². The van der Waals surface area contributed by atoms with Crippen LogP contribution in [-0.4, -0.2) is 130 Å².